The van der Waals surface area contributed by atoms with Gasteiger partial charge in [0.25, 0.3) is 5.91 Å². The highest BCUT2D eigenvalue weighted by molar-refractivity contribution is 7.20. The molecule has 1 aromatic heterocycles. The monoisotopic (exact) mass is 408 g/mol. The molecule has 2 aromatic carbocycles. The van der Waals surface area contributed by atoms with E-state index in [0.717, 1.165) is 15.6 Å². The average molecular weight is 408 g/mol. The summed E-state index contributed by atoms with van der Waals surface area (Å²) in [4.78, 5) is 36.7. The quantitative estimate of drug-likeness (QED) is 0.473. The standard InChI is InChI=1S/C22H20N2O4S/c1-3-28-22(27)20-13-16-12-17(9-10-19(16)29-20)24-21(26)18(23-14(2)25)11-15-7-5-4-6-8-15/h4-13H,3H2,1-2H3,(H,23,25)(H,24,26)/b18-11-. The number of amides is 2. The molecular formula is C22H20N2O4S. The van der Waals surface area contributed by atoms with Crippen molar-refractivity contribution in [2.45, 2.75) is 13.8 Å². The van der Waals surface area contributed by atoms with Crippen molar-refractivity contribution in [3.63, 3.8) is 0 Å². The molecule has 0 radical (unpaired) electrons. The Hall–Kier alpha value is -3.45. The molecule has 3 aromatic rings. The van der Waals surface area contributed by atoms with Crippen molar-refractivity contribution in [3.05, 3.63) is 70.7 Å². The molecule has 148 valence electrons. The normalized spacial score (nSPS) is 11.2. The molecule has 3 rings (SSSR count). The summed E-state index contributed by atoms with van der Waals surface area (Å²) in [7, 11) is 0. The van der Waals surface area contributed by atoms with Crippen LogP contribution in [0.25, 0.3) is 16.2 Å². The SMILES string of the molecule is CCOC(=O)c1cc2cc(NC(=O)/C(=C/c3ccccc3)NC(C)=O)ccc2s1. The van der Waals surface area contributed by atoms with Crippen LogP contribution in [0, 0.1) is 0 Å². The Balaban J connectivity index is 1.83. The van der Waals surface area contributed by atoms with E-state index in [9.17, 15) is 14.4 Å². The lowest BCUT2D eigenvalue weighted by Gasteiger charge is -2.10. The van der Waals surface area contributed by atoms with E-state index in [1.54, 1.807) is 31.2 Å². The second-order valence-electron chi connectivity index (χ2n) is 6.19. The Morgan fingerprint density at radius 3 is 2.52 bits per heavy atom. The van der Waals surface area contributed by atoms with Crippen molar-refractivity contribution >= 4 is 51.0 Å². The molecule has 1 heterocycles. The van der Waals surface area contributed by atoms with Crippen LogP contribution in [0.2, 0.25) is 0 Å². The zero-order valence-electron chi connectivity index (χ0n) is 16.0. The number of fused-ring (bicyclic) bond motifs is 1. The van der Waals surface area contributed by atoms with Crippen molar-refractivity contribution in [2.75, 3.05) is 11.9 Å². The molecule has 0 bridgehead atoms. The molecule has 7 heteroatoms. The number of benzene rings is 2. The van der Waals surface area contributed by atoms with Gasteiger partial charge in [-0.3, -0.25) is 9.59 Å². The molecule has 0 saturated heterocycles. The molecule has 0 unspecified atom stereocenters. The molecule has 0 fully saturated rings. The summed E-state index contributed by atoms with van der Waals surface area (Å²) in [5.41, 5.74) is 1.49. The summed E-state index contributed by atoms with van der Waals surface area (Å²) in [5.74, 6) is -1.14. The van der Waals surface area contributed by atoms with Crippen LogP contribution >= 0.6 is 11.3 Å². The molecule has 2 amide bonds. The topological polar surface area (TPSA) is 84.5 Å². The second-order valence-corrected chi connectivity index (χ2v) is 7.27. The van der Waals surface area contributed by atoms with Crippen LogP contribution in [0.5, 0.6) is 0 Å². The first-order chi connectivity index (χ1) is 14.0. The molecule has 29 heavy (non-hydrogen) atoms. The molecule has 0 aliphatic rings. The van der Waals surface area contributed by atoms with Gasteiger partial charge in [0, 0.05) is 17.3 Å². The van der Waals surface area contributed by atoms with E-state index in [1.807, 2.05) is 36.4 Å². The number of esters is 1. The van der Waals surface area contributed by atoms with E-state index >= 15 is 0 Å². The van der Waals surface area contributed by atoms with Gasteiger partial charge in [-0.2, -0.15) is 0 Å². The summed E-state index contributed by atoms with van der Waals surface area (Å²) >= 11 is 1.33. The minimum atomic E-state index is -0.441. The number of nitrogens with one attached hydrogen (secondary N) is 2. The van der Waals surface area contributed by atoms with Gasteiger partial charge < -0.3 is 15.4 Å². The summed E-state index contributed by atoms with van der Waals surface area (Å²) in [5, 5.41) is 6.18. The third-order valence-corrected chi connectivity index (χ3v) is 5.01. The van der Waals surface area contributed by atoms with Crippen LogP contribution in [-0.2, 0) is 14.3 Å². The van der Waals surface area contributed by atoms with Gasteiger partial charge >= 0.3 is 5.97 Å². The lowest BCUT2D eigenvalue weighted by atomic mass is 10.2. The summed E-state index contributed by atoms with van der Waals surface area (Å²) in [6, 6.07) is 16.3. The summed E-state index contributed by atoms with van der Waals surface area (Å²) < 4.78 is 5.94. The summed E-state index contributed by atoms with van der Waals surface area (Å²) in [6.07, 6.45) is 1.61. The van der Waals surface area contributed by atoms with Gasteiger partial charge in [0.2, 0.25) is 5.91 Å². The highest BCUT2D eigenvalue weighted by atomic mass is 32.1. The van der Waals surface area contributed by atoms with Crippen LogP contribution in [0.1, 0.15) is 29.1 Å². The molecular weight excluding hydrogens is 388 g/mol. The smallest absolute Gasteiger partial charge is 0.348 e. The average Bonchev–Trinajstić information content (AvgIpc) is 3.12. The molecule has 0 atom stereocenters. The van der Waals surface area contributed by atoms with Crippen LogP contribution in [0.3, 0.4) is 0 Å². The Morgan fingerprint density at radius 1 is 1.07 bits per heavy atom. The zero-order valence-corrected chi connectivity index (χ0v) is 16.8. The number of carbonyl (C=O) groups excluding carboxylic acids is 3. The number of hydrogen-bond acceptors (Lipinski definition) is 5. The molecule has 0 aliphatic carbocycles. The van der Waals surface area contributed by atoms with Crippen molar-refractivity contribution < 1.29 is 19.1 Å². The minimum absolute atomic E-state index is 0.140. The van der Waals surface area contributed by atoms with Gasteiger partial charge in [-0.15, -0.1) is 11.3 Å². The first-order valence-corrected chi connectivity index (χ1v) is 9.84. The largest absolute Gasteiger partial charge is 0.462 e. The van der Waals surface area contributed by atoms with E-state index in [1.165, 1.54) is 18.3 Å². The highest BCUT2D eigenvalue weighted by Gasteiger charge is 2.14. The predicted octanol–water partition coefficient (Wildman–Crippen LogP) is 4.19. The fourth-order valence-electron chi connectivity index (χ4n) is 2.69. The number of ether oxygens (including phenoxy) is 1. The molecule has 0 spiro atoms. The van der Waals surface area contributed by atoms with Gasteiger partial charge in [-0.1, -0.05) is 30.3 Å². The van der Waals surface area contributed by atoms with Crippen LogP contribution in [0.4, 0.5) is 5.69 Å². The van der Waals surface area contributed by atoms with Crippen LogP contribution in [-0.4, -0.2) is 24.4 Å². The molecule has 2 N–H and O–H groups in total. The fraction of sp³-hybridized carbons (Fsp3) is 0.136. The number of thiophene rings is 1. The third-order valence-electron chi connectivity index (χ3n) is 3.92. The van der Waals surface area contributed by atoms with E-state index in [0.29, 0.717) is 17.2 Å². The number of rotatable bonds is 6. The van der Waals surface area contributed by atoms with Gasteiger partial charge in [0.15, 0.2) is 0 Å². The van der Waals surface area contributed by atoms with E-state index in [4.69, 9.17) is 4.74 Å². The number of carbonyl (C=O) groups is 3. The van der Waals surface area contributed by atoms with Crippen molar-refractivity contribution in [3.8, 4) is 0 Å². The Labute approximate surface area is 172 Å². The Kier molecular flexibility index (Phi) is 6.41. The maximum absolute atomic E-state index is 12.7. The van der Waals surface area contributed by atoms with Gasteiger partial charge in [0.05, 0.1) is 6.61 Å². The predicted molar refractivity (Wildman–Crippen MR) is 115 cm³/mol. The van der Waals surface area contributed by atoms with Crippen LogP contribution in [0.15, 0.2) is 60.3 Å². The molecule has 6 nitrogen and oxygen atoms in total. The van der Waals surface area contributed by atoms with E-state index in [2.05, 4.69) is 10.6 Å². The van der Waals surface area contributed by atoms with Gasteiger partial charge in [-0.05, 0) is 48.2 Å². The molecule has 0 aliphatic heterocycles. The maximum atomic E-state index is 12.7. The van der Waals surface area contributed by atoms with Gasteiger partial charge in [0.1, 0.15) is 10.6 Å². The Bertz CT molecular complexity index is 1090. The van der Waals surface area contributed by atoms with E-state index < -0.39 is 5.91 Å². The number of anilines is 1. The third kappa shape index (κ3) is 5.30. The minimum Gasteiger partial charge on any atom is -0.462 e. The lowest BCUT2D eigenvalue weighted by Crippen LogP contribution is -2.28. The summed E-state index contributed by atoms with van der Waals surface area (Å²) in [6.45, 7) is 3.42. The van der Waals surface area contributed by atoms with Gasteiger partial charge in [-0.25, -0.2) is 4.79 Å². The number of hydrogen-bond donors (Lipinski definition) is 2. The van der Waals surface area contributed by atoms with Crippen LogP contribution < -0.4 is 10.6 Å². The van der Waals surface area contributed by atoms with Crippen molar-refractivity contribution in [1.82, 2.24) is 5.32 Å². The highest BCUT2D eigenvalue weighted by Crippen LogP contribution is 2.29. The van der Waals surface area contributed by atoms with E-state index in [-0.39, 0.29) is 17.6 Å². The lowest BCUT2D eigenvalue weighted by molar-refractivity contribution is -0.120. The first-order valence-electron chi connectivity index (χ1n) is 9.02. The van der Waals surface area contributed by atoms with Crippen molar-refractivity contribution in [2.24, 2.45) is 0 Å². The maximum Gasteiger partial charge on any atom is 0.348 e. The molecule has 0 saturated carbocycles. The Morgan fingerprint density at radius 2 is 1.83 bits per heavy atom. The zero-order chi connectivity index (χ0) is 20.8. The van der Waals surface area contributed by atoms with Crippen molar-refractivity contribution in [1.29, 1.82) is 0 Å². The first kappa shape index (κ1) is 20.3. The fourth-order valence-corrected chi connectivity index (χ4v) is 3.62. The second kappa shape index (κ2) is 9.16.